The number of esters is 4. The smallest absolute Gasteiger partial charge is 0.407 e. The van der Waals surface area contributed by atoms with E-state index in [0.29, 0.717) is 36.7 Å². The summed E-state index contributed by atoms with van der Waals surface area (Å²) >= 11 is 0. The molecule has 2 amide bonds. The average Bonchev–Trinajstić information content (AvgIpc) is 3.85. The molecule has 49 heavy (non-hydrogen) atoms. The van der Waals surface area contributed by atoms with Gasteiger partial charge in [0.1, 0.15) is 26.4 Å². The molecule has 0 aromatic heterocycles. The number of carbonyl (C=O) groups excluding carboxylic acids is 6. The maximum absolute atomic E-state index is 12.5. The van der Waals surface area contributed by atoms with Crippen LogP contribution in [0.5, 0.6) is 0 Å². The SMILES string of the molecule is C=CC1CC1(C(=O)OC)C(=O)OCCOC(=O)NC1CCC(CC2CCC(NC(=O)OCCOC(=O)C3(C(=O)OC)CCC3=C)CC2)CC1. The van der Waals surface area contributed by atoms with Crippen molar-refractivity contribution >= 4 is 36.1 Å². The molecule has 4 aliphatic carbocycles. The highest BCUT2D eigenvalue weighted by molar-refractivity contribution is 6.05. The van der Waals surface area contributed by atoms with Gasteiger partial charge >= 0.3 is 36.1 Å². The Kier molecular flexibility index (Phi) is 13.1. The first-order chi connectivity index (χ1) is 23.5. The summed E-state index contributed by atoms with van der Waals surface area (Å²) in [5.74, 6) is -1.93. The number of allylic oxidation sites excluding steroid dienone is 1. The number of hydrogen-bond acceptors (Lipinski definition) is 12. The van der Waals surface area contributed by atoms with Crippen molar-refractivity contribution in [2.45, 2.75) is 89.1 Å². The Morgan fingerprint density at radius 3 is 1.55 bits per heavy atom. The Bertz CT molecular complexity index is 1270. The van der Waals surface area contributed by atoms with E-state index in [0.717, 1.165) is 57.8 Å². The van der Waals surface area contributed by atoms with E-state index >= 15 is 0 Å². The molecule has 0 aliphatic heterocycles. The monoisotopic (exact) mass is 690 g/mol. The van der Waals surface area contributed by atoms with Crippen molar-refractivity contribution in [3.8, 4) is 0 Å². The second kappa shape index (κ2) is 17.0. The molecule has 4 fully saturated rings. The molecular formula is C35H50N2O12. The molecule has 0 heterocycles. The first kappa shape index (κ1) is 37.7. The molecule has 0 bridgehead atoms. The molecule has 272 valence electrons. The van der Waals surface area contributed by atoms with Crippen LogP contribution in [0.2, 0.25) is 0 Å². The van der Waals surface area contributed by atoms with Crippen molar-refractivity contribution in [3.05, 3.63) is 24.8 Å². The van der Waals surface area contributed by atoms with E-state index in [1.54, 1.807) is 0 Å². The van der Waals surface area contributed by atoms with Crippen molar-refractivity contribution in [2.75, 3.05) is 40.6 Å². The number of ether oxygens (including phenoxy) is 6. The second-order valence-corrected chi connectivity index (χ2v) is 13.5. The van der Waals surface area contributed by atoms with Gasteiger partial charge in [0, 0.05) is 18.0 Å². The highest BCUT2D eigenvalue weighted by Gasteiger charge is 2.67. The van der Waals surface area contributed by atoms with Crippen molar-refractivity contribution in [1.29, 1.82) is 0 Å². The minimum atomic E-state index is -1.45. The minimum absolute atomic E-state index is 0.0217. The van der Waals surface area contributed by atoms with Crippen LogP contribution in [0.25, 0.3) is 0 Å². The van der Waals surface area contributed by atoms with Crippen LogP contribution >= 0.6 is 0 Å². The summed E-state index contributed by atoms with van der Waals surface area (Å²) in [5.41, 5.74) is -2.33. The molecule has 3 unspecified atom stereocenters. The minimum Gasteiger partial charge on any atom is -0.468 e. The molecule has 2 N–H and O–H groups in total. The first-order valence-electron chi connectivity index (χ1n) is 17.2. The van der Waals surface area contributed by atoms with Crippen molar-refractivity contribution < 1.29 is 57.2 Å². The number of amides is 2. The first-order valence-corrected chi connectivity index (χ1v) is 17.2. The zero-order valence-corrected chi connectivity index (χ0v) is 28.6. The predicted octanol–water partition coefficient (Wildman–Crippen LogP) is 3.91. The van der Waals surface area contributed by atoms with Gasteiger partial charge in [0.2, 0.25) is 0 Å². The quantitative estimate of drug-likeness (QED) is 0.0833. The van der Waals surface area contributed by atoms with Crippen molar-refractivity contribution in [1.82, 2.24) is 10.6 Å². The average molecular weight is 691 g/mol. The number of hydrogen-bond donors (Lipinski definition) is 2. The van der Waals surface area contributed by atoms with Gasteiger partial charge in [0.05, 0.1) is 14.2 Å². The summed E-state index contributed by atoms with van der Waals surface area (Å²) in [6.45, 7) is 6.83. The largest absolute Gasteiger partial charge is 0.468 e. The summed E-state index contributed by atoms with van der Waals surface area (Å²) in [7, 11) is 2.43. The summed E-state index contributed by atoms with van der Waals surface area (Å²) in [6, 6.07) is 0.0446. The molecule has 0 saturated heterocycles. The van der Waals surface area contributed by atoms with Gasteiger partial charge in [-0.05, 0) is 94.5 Å². The van der Waals surface area contributed by atoms with E-state index in [1.807, 2.05) is 0 Å². The highest BCUT2D eigenvalue weighted by atomic mass is 16.6. The molecule has 0 aromatic carbocycles. The van der Waals surface area contributed by atoms with Crippen molar-refractivity contribution in [2.24, 2.45) is 28.6 Å². The zero-order chi connectivity index (χ0) is 35.6. The lowest BCUT2D eigenvalue weighted by Gasteiger charge is -2.38. The molecule has 4 saturated carbocycles. The fraction of sp³-hybridized carbons (Fsp3) is 0.714. The zero-order valence-electron chi connectivity index (χ0n) is 28.6. The standard InChI is InChI=1S/C35H50N2O12/c1-5-25-21-35(25,29(39)45-4)31(41)47-17-19-49-33(43)37-27-12-8-24(9-13-27)20-23-6-10-26(11-7-23)36-32(42)48-18-16-46-30(40)34(28(38)44-3)15-14-22(34)2/h5,23-27H,1-2,6-21H2,3-4H3,(H,36,42)(H,37,43). The fourth-order valence-corrected chi connectivity index (χ4v) is 7.37. The van der Waals surface area contributed by atoms with Crippen LogP contribution in [0.15, 0.2) is 24.8 Å². The van der Waals surface area contributed by atoms with Gasteiger partial charge < -0.3 is 39.1 Å². The number of alkyl carbamates (subject to hydrolysis) is 2. The third-order valence-electron chi connectivity index (χ3n) is 10.6. The van der Waals surface area contributed by atoms with Crippen LogP contribution in [0, 0.1) is 28.6 Å². The van der Waals surface area contributed by atoms with E-state index in [4.69, 9.17) is 28.4 Å². The molecule has 4 rings (SSSR count). The molecule has 4 aliphatic rings. The van der Waals surface area contributed by atoms with E-state index < -0.39 is 46.9 Å². The fourth-order valence-electron chi connectivity index (χ4n) is 7.37. The van der Waals surface area contributed by atoms with Gasteiger partial charge in [0.25, 0.3) is 0 Å². The van der Waals surface area contributed by atoms with E-state index in [2.05, 4.69) is 23.8 Å². The molecule has 0 radical (unpaired) electrons. The summed E-state index contributed by atoms with van der Waals surface area (Å²) in [5, 5.41) is 5.80. The summed E-state index contributed by atoms with van der Waals surface area (Å²) in [4.78, 5) is 73.6. The van der Waals surface area contributed by atoms with Crippen LogP contribution in [0.3, 0.4) is 0 Å². The third-order valence-corrected chi connectivity index (χ3v) is 10.6. The topological polar surface area (TPSA) is 182 Å². The Labute approximate surface area is 286 Å². The van der Waals surface area contributed by atoms with Crippen LogP contribution in [-0.4, -0.2) is 88.8 Å². The molecular weight excluding hydrogens is 640 g/mol. The number of nitrogens with one attached hydrogen (secondary N) is 2. The number of carbonyl (C=O) groups is 6. The lowest BCUT2D eigenvalue weighted by Crippen LogP contribution is -2.49. The Morgan fingerprint density at radius 1 is 0.694 bits per heavy atom. The van der Waals surface area contributed by atoms with Crippen LogP contribution < -0.4 is 10.6 Å². The maximum Gasteiger partial charge on any atom is 0.407 e. The Morgan fingerprint density at radius 2 is 1.16 bits per heavy atom. The van der Waals surface area contributed by atoms with Gasteiger partial charge in [-0.3, -0.25) is 19.2 Å². The van der Waals surface area contributed by atoms with Gasteiger partial charge in [-0.25, -0.2) is 9.59 Å². The van der Waals surface area contributed by atoms with Crippen molar-refractivity contribution in [3.63, 3.8) is 0 Å². The molecule has 14 nitrogen and oxygen atoms in total. The number of methoxy groups -OCH3 is 2. The van der Waals surface area contributed by atoms with E-state index in [9.17, 15) is 28.8 Å². The lowest BCUT2D eigenvalue weighted by atomic mass is 9.65. The lowest BCUT2D eigenvalue weighted by molar-refractivity contribution is -0.172. The van der Waals surface area contributed by atoms with E-state index in [1.165, 1.54) is 20.3 Å². The van der Waals surface area contributed by atoms with Crippen LogP contribution in [0.1, 0.15) is 77.0 Å². The second-order valence-electron chi connectivity index (χ2n) is 13.5. The van der Waals surface area contributed by atoms with Gasteiger partial charge in [0.15, 0.2) is 10.8 Å². The van der Waals surface area contributed by atoms with E-state index in [-0.39, 0.29) is 44.4 Å². The van der Waals surface area contributed by atoms with Gasteiger partial charge in [-0.2, -0.15) is 0 Å². The van der Waals surface area contributed by atoms with Crippen LogP contribution in [0.4, 0.5) is 9.59 Å². The summed E-state index contributed by atoms with van der Waals surface area (Å²) in [6.07, 6.45) is 10.1. The molecule has 0 spiro atoms. The Balaban J connectivity index is 1.02. The van der Waals surface area contributed by atoms with Gasteiger partial charge in [-0.1, -0.05) is 12.7 Å². The predicted molar refractivity (Wildman–Crippen MR) is 173 cm³/mol. The van der Waals surface area contributed by atoms with Crippen LogP contribution in [-0.2, 0) is 47.6 Å². The molecule has 0 aromatic rings. The number of rotatable bonds is 15. The molecule has 14 heteroatoms. The highest BCUT2D eigenvalue weighted by Crippen LogP contribution is 2.55. The Hall–Kier alpha value is -4.10. The normalized spacial score (nSPS) is 30.3. The summed E-state index contributed by atoms with van der Waals surface area (Å²) < 4.78 is 30.2. The molecule has 3 atom stereocenters. The maximum atomic E-state index is 12.5. The third kappa shape index (κ3) is 8.93. The van der Waals surface area contributed by atoms with Gasteiger partial charge in [-0.15, -0.1) is 6.58 Å².